The zero-order valence-corrected chi connectivity index (χ0v) is 6.00. The number of hydrogen-bond acceptors (Lipinski definition) is 2. The van der Waals surface area contributed by atoms with Gasteiger partial charge in [-0.25, -0.2) is 0 Å². The van der Waals surface area contributed by atoms with Crippen LogP contribution in [0, 0.1) is 0 Å². The molecule has 0 aliphatic heterocycles. The summed E-state index contributed by atoms with van der Waals surface area (Å²) < 4.78 is 4.35. The van der Waals surface area contributed by atoms with Crippen LogP contribution < -0.4 is 0 Å². The first kappa shape index (κ1) is 8.50. The van der Waals surface area contributed by atoms with Crippen LogP contribution in [0.1, 0.15) is 0 Å². The molecular formula is C3H3Cl3O2. The van der Waals surface area contributed by atoms with Crippen LogP contribution in [-0.4, -0.2) is 16.9 Å². The Balaban J connectivity index is 3.05. The van der Waals surface area contributed by atoms with Gasteiger partial charge in [0.1, 0.15) is 6.61 Å². The molecule has 2 nitrogen and oxygen atoms in total. The fraction of sp³-hybridized carbons (Fsp3) is 0.667. The van der Waals surface area contributed by atoms with Crippen molar-refractivity contribution in [2.45, 2.75) is 5.02 Å². The van der Waals surface area contributed by atoms with Gasteiger partial charge in [0.2, 0.25) is 10.3 Å². The summed E-state index contributed by atoms with van der Waals surface area (Å²) in [7, 11) is 0. The second-order valence-electron chi connectivity index (χ2n) is 0.927. The topological polar surface area (TPSA) is 26.3 Å². The molecule has 0 radical (unpaired) electrons. The van der Waals surface area contributed by atoms with Gasteiger partial charge in [-0.1, -0.05) is 23.2 Å². The van der Waals surface area contributed by atoms with E-state index in [1.165, 1.54) is 0 Å². The minimum Gasteiger partial charge on any atom is -0.340 e. The minimum atomic E-state index is -0.974. The number of rotatable bonds is 3. The lowest BCUT2D eigenvalue weighted by atomic mass is 10.8. The standard InChI is InChI=1S/C3H3Cl3O2/c4-2(7)1-8-3(5)6/h3H,1H2. The number of halogens is 3. The quantitative estimate of drug-likeness (QED) is 0.483. The Bertz CT molecular complexity index is 82.6. The SMILES string of the molecule is O=C(Cl)COC(Cl)Cl. The molecule has 0 rings (SSSR count). The number of ether oxygens (including phenoxy) is 1. The Kier molecular flexibility index (Phi) is 4.66. The maximum Gasteiger partial charge on any atom is 0.247 e. The molecule has 0 N–H and O–H groups in total. The summed E-state index contributed by atoms with van der Waals surface area (Å²) >= 11 is 14.9. The number of carbonyl (C=O) groups excluding carboxylic acids is 1. The first-order valence-corrected chi connectivity index (χ1v) is 2.96. The van der Waals surface area contributed by atoms with Crippen LogP contribution in [0.25, 0.3) is 0 Å². The molecule has 0 aromatic carbocycles. The summed E-state index contributed by atoms with van der Waals surface area (Å²) in [5.41, 5.74) is 0. The molecule has 0 aliphatic carbocycles. The molecule has 48 valence electrons. The summed E-state index contributed by atoms with van der Waals surface area (Å²) in [4.78, 5) is 9.87. The van der Waals surface area contributed by atoms with Crippen LogP contribution in [0.2, 0.25) is 0 Å². The van der Waals surface area contributed by atoms with Crippen LogP contribution in [0.4, 0.5) is 0 Å². The lowest BCUT2D eigenvalue weighted by molar-refractivity contribution is -0.115. The summed E-state index contributed by atoms with van der Waals surface area (Å²) in [5.74, 6) is 0. The Morgan fingerprint density at radius 1 is 1.62 bits per heavy atom. The summed E-state index contributed by atoms with van der Waals surface area (Å²) in [6.45, 7) is -0.251. The molecule has 0 aromatic heterocycles. The van der Waals surface area contributed by atoms with E-state index >= 15 is 0 Å². The van der Waals surface area contributed by atoms with Gasteiger partial charge in [0, 0.05) is 0 Å². The second-order valence-corrected chi connectivity index (χ2v) is 2.36. The highest BCUT2D eigenvalue weighted by molar-refractivity contribution is 6.64. The van der Waals surface area contributed by atoms with Gasteiger partial charge in [-0.2, -0.15) is 0 Å². The van der Waals surface area contributed by atoms with Crippen molar-refractivity contribution >= 4 is 40.0 Å². The zero-order valence-electron chi connectivity index (χ0n) is 3.73. The minimum absolute atomic E-state index is 0.251. The van der Waals surface area contributed by atoms with Gasteiger partial charge in [-0.05, 0) is 11.6 Å². The van der Waals surface area contributed by atoms with Crippen molar-refractivity contribution in [3.05, 3.63) is 0 Å². The highest BCUT2D eigenvalue weighted by Gasteiger charge is 2.00. The monoisotopic (exact) mass is 176 g/mol. The van der Waals surface area contributed by atoms with E-state index in [1.807, 2.05) is 0 Å². The molecule has 0 amide bonds. The van der Waals surface area contributed by atoms with Crippen LogP contribution in [-0.2, 0) is 9.53 Å². The van der Waals surface area contributed by atoms with Gasteiger partial charge in [0.15, 0.2) is 0 Å². The Morgan fingerprint density at radius 2 is 2.12 bits per heavy atom. The molecule has 8 heavy (non-hydrogen) atoms. The average Bonchev–Trinajstić information content (AvgIpc) is 1.61. The fourth-order valence-electron chi connectivity index (χ4n) is 0.129. The van der Waals surface area contributed by atoms with Crippen molar-refractivity contribution in [3.63, 3.8) is 0 Å². The maximum atomic E-state index is 9.87. The fourth-order valence-corrected chi connectivity index (χ4v) is 0.317. The van der Waals surface area contributed by atoms with Crippen molar-refractivity contribution in [2.24, 2.45) is 0 Å². The predicted molar refractivity (Wildman–Crippen MR) is 32.3 cm³/mol. The van der Waals surface area contributed by atoms with Crippen molar-refractivity contribution < 1.29 is 9.53 Å². The van der Waals surface area contributed by atoms with E-state index in [4.69, 9.17) is 34.8 Å². The highest BCUT2D eigenvalue weighted by Crippen LogP contribution is 2.02. The van der Waals surface area contributed by atoms with E-state index in [2.05, 4.69) is 4.74 Å². The van der Waals surface area contributed by atoms with Gasteiger partial charge in [0.25, 0.3) is 0 Å². The van der Waals surface area contributed by atoms with Crippen molar-refractivity contribution in [2.75, 3.05) is 6.61 Å². The molecule has 0 heterocycles. The number of carbonyl (C=O) groups is 1. The van der Waals surface area contributed by atoms with Gasteiger partial charge in [-0.15, -0.1) is 0 Å². The van der Waals surface area contributed by atoms with Crippen molar-refractivity contribution in [1.29, 1.82) is 0 Å². The zero-order chi connectivity index (χ0) is 6.57. The Morgan fingerprint density at radius 3 is 2.25 bits per heavy atom. The summed E-state index contributed by atoms with van der Waals surface area (Å²) in [5, 5.41) is -1.59. The third-order valence-corrected chi connectivity index (χ3v) is 0.684. The first-order chi connectivity index (χ1) is 3.63. The molecule has 0 atom stereocenters. The van der Waals surface area contributed by atoms with Crippen molar-refractivity contribution in [3.8, 4) is 0 Å². The van der Waals surface area contributed by atoms with E-state index in [0.29, 0.717) is 0 Å². The molecule has 5 heteroatoms. The Labute approximate surface area is 61.7 Å². The van der Waals surface area contributed by atoms with Crippen molar-refractivity contribution in [1.82, 2.24) is 0 Å². The Hall–Kier alpha value is 0.500. The molecule has 0 saturated carbocycles. The van der Waals surface area contributed by atoms with E-state index in [9.17, 15) is 4.79 Å². The van der Waals surface area contributed by atoms with E-state index in [0.717, 1.165) is 0 Å². The molecular weight excluding hydrogens is 174 g/mol. The number of alkyl halides is 2. The third-order valence-electron chi connectivity index (χ3n) is 0.323. The molecule has 0 unspecified atom stereocenters. The van der Waals surface area contributed by atoms with Crippen LogP contribution >= 0.6 is 34.8 Å². The molecule has 0 bridgehead atoms. The van der Waals surface area contributed by atoms with Gasteiger partial charge in [-0.3, -0.25) is 4.79 Å². The molecule has 0 aliphatic rings. The van der Waals surface area contributed by atoms with E-state index < -0.39 is 10.3 Å². The van der Waals surface area contributed by atoms with E-state index in [-0.39, 0.29) is 6.61 Å². The number of hydrogen-bond donors (Lipinski definition) is 0. The molecule has 0 aromatic rings. The molecule has 0 spiro atoms. The van der Waals surface area contributed by atoms with Gasteiger partial charge in [0.05, 0.1) is 0 Å². The first-order valence-electron chi connectivity index (χ1n) is 1.71. The largest absolute Gasteiger partial charge is 0.340 e. The third kappa shape index (κ3) is 6.50. The van der Waals surface area contributed by atoms with Crippen LogP contribution in [0.15, 0.2) is 0 Å². The lowest BCUT2D eigenvalue weighted by Crippen LogP contribution is -2.04. The summed E-state index contributed by atoms with van der Waals surface area (Å²) in [6, 6.07) is 0. The van der Waals surface area contributed by atoms with E-state index in [1.54, 1.807) is 0 Å². The van der Waals surface area contributed by atoms with Gasteiger partial charge >= 0.3 is 0 Å². The van der Waals surface area contributed by atoms with Crippen LogP contribution in [0.3, 0.4) is 0 Å². The lowest BCUT2D eigenvalue weighted by Gasteiger charge is -1.96. The summed E-state index contributed by atoms with van der Waals surface area (Å²) in [6.07, 6.45) is 0. The predicted octanol–water partition coefficient (Wildman–Crippen LogP) is 1.53. The second kappa shape index (κ2) is 4.39. The average molecular weight is 177 g/mol. The highest BCUT2D eigenvalue weighted by atomic mass is 35.5. The molecule has 0 saturated heterocycles. The normalized spacial score (nSPS) is 10.0. The smallest absolute Gasteiger partial charge is 0.247 e. The maximum absolute atomic E-state index is 9.87. The van der Waals surface area contributed by atoms with Crippen LogP contribution in [0.5, 0.6) is 0 Å². The molecule has 0 fully saturated rings. The van der Waals surface area contributed by atoms with Gasteiger partial charge < -0.3 is 4.74 Å².